The van der Waals surface area contributed by atoms with Crippen molar-refractivity contribution in [1.29, 1.82) is 0 Å². The average Bonchev–Trinajstić information content (AvgIpc) is 3.84. The number of carbonyl (C=O) groups is 10. The van der Waals surface area contributed by atoms with E-state index >= 15 is 0 Å². The van der Waals surface area contributed by atoms with E-state index < -0.39 is 139 Å². The summed E-state index contributed by atoms with van der Waals surface area (Å²) in [6.07, 6.45) is 2.16. The molecule has 0 aliphatic rings. The van der Waals surface area contributed by atoms with Crippen molar-refractivity contribution in [2.45, 2.75) is 155 Å². The molecular weight excluding hydrogens is 967 g/mol. The number of aliphatic hydroxyl groups is 1. The number of carbonyl (C=O) groups excluding carboxylic acids is 8. The Bertz CT molecular complexity index is 2190. The van der Waals surface area contributed by atoms with Crippen LogP contribution in [0.15, 0.2) is 36.8 Å². The number of phenolic OH excluding ortho intramolecular Hbond substituents is 1. The maximum atomic E-state index is 14.0. The number of hydrogen-bond donors (Lipinski definition) is 14. The number of hydrogen-bond acceptors (Lipinski definition) is 14. The molecule has 0 saturated heterocycles. The number of benzene rings is 1. The van der Waals surface area contributed by atoms with Crippen molar-refractivity contribution in [2.24, 2.45) is 29.4 Å². The number of aromatic amines is 1. The molecule has 412 valence electrons. The number of nitrogens with one attached hydrogen (secondary N) is 9. The lowest BCUT2D eigenvalue weighted by Gasteiger charge is -2.28. The molecule has 1 heterocycles. The van der Waals surface area contributed by atoms with E-state index in [0.717, 1.165) is 0 Å². The largest absolute Gasteiger partial charge is 0.508 e. The number of aliphatic carboxylic acids is 2. The maximum Gasteiger partial charge on any atom is 0.326 e. The van der Waals surface area contributed by atoms with Gasteiger partial charge in [0.1, 0.15) is 48.0 Å². The number of amides is 8. The molecular formula is C49H77N11O14. The zero-order chi connectivity index (χ0) is 55.8. The second-order valence-corrected chi connectivity index (χ2v) is 19.6. The first-order valence-electron chi connectivity index (χ1n) is 24.7. The van der Waals surface area contributed by atoms with Crippen LogP contribution in [0.4, 0.5) is 0 Å². The third kappa shape index (κ3) is 22.7. The number of aromatic hydroxyl groups is 1. The highest BCUT2D eigenvalue weighted by Gasteiger charge is 2.35. The summed E-state index contributed by atoms with van der Waals surface area (Å²) in [4.78, 5) is 139. The van der Waals surface area contributed by atoms with Gasteiger partial charge >= 0.3 is 11.9 Å². The highest BCUT2D eigenvalue weighted by atomic mass is 16.4. The highest BCUT2D eigenvalue weighted by Crippen LogP contribution is 2.15. The van der Waals surface area contributed by atoms with E-state index in [1.807, 2.05) is 13.8 Å². The van der Waals surface area contributed by atoms with E-state index in [0.29, 0.717) is 24.1 Å². The highest BCUT2D eigenvalue weighted by molar-refractivity contribution is 5.97. The van der Waals surface area contributed by atoms with E-state index in [-0.39, 0.29) is 49.2 Å². The zero-order valence-corrected chi connectivity index (χ0v) is 43.4. The molecule has 74 heavy (non-hydrogen) atoms. The molecule has 0 unspecified atom stereocenters. The molecule has 0 radical (unpaired) electrons. The quantitative estimate of drug-likeness (QED) is 0.0402. The summed E-state index contributed by atoms with van der Waals surface area (Å²) < 4.78 is 0. The second-order valence-electron chi connectivity index (χ2n) is 19.6. The fourth-order valence-electron chi connectivity index (χ4n) is 7.49. The van der Waals surface area contributed by atoms with Crippen LogP contribution < -0.4 is 48.3 Å². The molecule has 1 aromatic heterocycles. The molecule has 0 spiro atoms. The van der Waals surface area contributed by atoms with Crippen molar-refractivity contribution in [3.05, 3.63) is 48.0 Å². The van der Waals surface area contributed by atoms with Crippen LogP contribution in [0, 0.1) is 23.7 Å². The Kier molecular flexibility index (Phi) is 26.8. The molecule has 8 amide bonds. The van der Waals surface area contributed by atoms with Gasteiger partial charge in [0.15, 0.2) is 0 Å². The van der Waals surface area contributed by atoms with Crippen molar-refractivity contribution >= 4 is 59.2 Å². The van der Waals surface area contributed by atoms with Crippen molar-refractivity contribution in [2.75, 3.05) is 13.2 Å². The number of carboxylic acid groups (broad SMARTS) is 2. The van der Waals surface area contributed by atoms with Crippen molar-refractivity contribution < 1.29 is 68.4 Å². The fraction of sp³-hybridized carbons (Fsp3) is 0.612. The predicted octanol–water partition coefficient (Wildman–Crippen LogP) is -1.14. The maximum absolute atomic E-state index is 14.0. The van der Waals surface area contributed by atoms with Crippen LogP contribution in [0.5, 0.6) is 5.75 Å². The number of phenols is 1. The van der Waals surface area contributed by atoms with Crippen molar-refractivity contribution in [1.82, 2.24) is 52.5 Å². The molecule has 2 aromatic rings. The average molecular weight is 1040 g/mol. The summed E-state index contributed by atoms with van der Waals surface area (Å²) in [5, 5.41) is 58.9. The minimum atomic E-state index is -1.75. The predicted molar refractivity (Wildman–Crippen MR) is 268 cm³/mol. The lowest BCUT2D eigenvalue weighted by molar-refractivity contribution is -0.143. The van der Waals surface area contributed by atoms with Crippen molar-refractivity contribution in [3.63, 3.8) is 0 Å². The van der Waals surface area contributed by atoms with E-state index in [1.165, 1.54) is 24.7 Å². The standard InChI is InChI=1S/C49H77N11O14/c1-9-28(8)41(60-46(70)35(19-29-10-12-31(62)13-11-29)56-42(66)32(50)16-25(2)3)48(72)52-22-39(63)54-36(20-30-21-51-24-53-30)45(69)57-34(17-26(4)5)44(68)59-38(23-61)47(71)55-33(14-15-40(64)65)43(67)58-37(49(73)74)18-27(6)7/h10-13,21,24-28,32-38,41,61-62H,9,14-20,22-23,50H2,1-8H3,(H,51,53)(H,52,72)(H,54,63)(H,55,71)(H,56,66)(H,57,69)(H,58,67)(H,59,68)(H,60,70)(H,64,65)(H,73,74)/t28-,32-,33-,34-,35-,36-,37-,38-,41-/m0/s1. The number of H-pyrrole nitrogens is 1. The summed E-state index contributed by atoms with van der Waals surface area (Å²) >= 11 is 0. The van der Waals surface area contributed by atoms with E-state index in [9.17, 15) is 68.4 Å². The molecule has 9 atom stereocenters. The van der Waals surface area contributed by atoms with Gasteiger partial charge in [0, 0.05) is 31.2 Å². The fourth-order valence-corrected chi connectivity index (χ4v) is 7.49. The van der Waals surface area contributed by atoms with Crippen LogP contribution in [-0.2, 0) is 60.8 Å². The lowest BCUT2D eigenvalue weighted by atomic mass is 9.97. The van der Waals surface area contributed by atoms with E-state index in [2.05, 4.69) is 52.5 Å². The first kappa shape index (κ1) is 63.0. The number of imidazole rings is 1. The van der Waals surface area contributed by atoms with Crippen LogP contribution >= 0.6 is 0 Å². The SMILES string of the molecule is CC[C@H](C)[C@H](NC(=O)[C@H](Cc1ccc(O)cc1)NC(=O)[C@@H](N)CC(C)C)C(=O)NCC(=O)N[C@@H](Cc1cnc[nH]1)C(=O)N[C@@H](CC(C)C)C(=O)N[C@@H](CO)C(=O)N[C@@H](CCC(=O)O)C(=O)N[C@@H](CC(C)C)C(=O)O. The Morgan fingerprint density at radius 2 is 1.11 bits per heavy atom. The molecule has 0 aliphatic heterocycles. The van der Waals surface area contributed by atoms with Gasteiger partial charge in [-0.15, -0.1) is 0 Å². The monoisotopic (exact) mass is 1040 g/mol. The Balaban J connectivity index is 2.29. The van der Waals surface area contributed by atoms with E-state index in [1.54, 1.807) is 53.7 Å². The lowest BCUT2D eigenvalue weighted by Crippen LogP contribution is -2.60. The van der Waals surface area contributed by atoms with Crippen LogP contribution in [-0.4, -0.2) is 151 Å². The number of aliphatic hydroxyl groups excluding tert-OH is 1. The smallest absolute Gasteiger partial charge is 0.326 e. The Morgan fingerprint density at radius 3 is 1.65 bits per heavy atom. The van der Waals surface area contributed by atoms with Gasteiger partial charge in [-0.25, -0.2) is 9.78 Å². The third-order valence-electron chi connectivity index (χ3n) is 11.7. The number of rotatable bonds is 33. The van der Waals surface area contributed by atoms with Gasteiger partial charge in [-0.05, 0) is 67.1 Å². The van der Waals surface area contributed by atoms with Gasteiger partial charge in [-0.1, -0.05) is 73.9 Å². The molecule has 0 aliphatic carbocycles. The summed E-state index contributed by atoms with van der Waals surface area (Å²) in [6.45, 7) is 12.5. The minimum Gasteiger partial charge on any atom is -0.508 e. The minimum absolute atomic E-state index is 0.00993. The summed E-state index contributed by atoms with van der Waals surface area (Å²) in [5.74, 6) is -10.4. The summed E-state index contributed by atoms with van der Waals surface area (Å²) in [7, 11) is 0. The van der Waals surface area contributed by atoms with Gasteiger partial charge < -0.3 is 73.7 Å². The first-order chi connectivity index (χ1) is 34.7. The second kappa shape index (κ2) is 31.4. The molecule has 1 aromatic carbocycles. The molecule has 0 fully saturated rings. The van der Waals surface area contributed by atoms with Crippen LogP contribution in [0.2, 0.25) is 0 Å². The Hall–Kier alpha value is -7.15. The van der Waals surface area contributed by atoms with Gasteiger partial charge in [0.05, 0.1) is 25.5 Å². The van der Waals surface area contributed by atoms with Gasteiger partial charge in [-0.3, -0.25) is 43.2 Å². The third-order valence-corrected chi connectivity index (χ3v) is 11.7. The number of carboxylic acids is 2. The van der Waals surface area contributed by atoms with Crippen LogP contribution in [0.3, 0.4) is 0 Å². The molecule has 15 N–H and O–H groups in total. The number of nitrogens with two attached hydrogens (primary N) is 1. The number of nitrogens with zero attached hydrogens (tertiary/aromatic N) is 1. The normalized spacial score (nSPS) is 14.9. The summed E-state index contributed by atoms with van der Waals surface area (Å²) in [5.41, 5.74) is 7.09. The Morgan fingerprint density at radius 1 is 0.608 bits per heavy atom. The molecule has 2 rings (SSSR count). The molecule has 25 nitrogen and oxygen atoms in total. The van der Waals surface area contributed by atoms with E-state index in [4.69, 9.17) is 5.73 Å². The first-order valence-corrected chi connectivity index (χ1v) is 24.7. The Labute approximate surface area is 430 Å². The van der Waals surface area contributed by atoms with Crippen molar-refractivity contribution in [3.8, 4) is 5.75 Å². The van der Waals surface area contributed by atoms with Crippen LogP contribution in [0.1, 0.15) is 105 Å². The molecule has 25 heteroatoms. The molecule has 0 bridgehead atoms. The van der Waals surface area contributed by atoms with Gasteiger partial charge in [0.2, 0.25) is 47.3 Å². The van der Waals surface area contributed by atoms with Gasteiger partial charge in [0.25, 0.3) is 0 Å². The number of aromatic nitrogens is 2. The topological polar surface area (TPSA) is 403 Å². The zero-order valence-electron chi connectivity index (χ0n) is 43.4. The van der Waals surface area contributed by atoms with Gasteiger partial charge in [-0.2, -0.15) is 0 Å². The van der Waals surface area contributed by atoms with Crippen LogP contribution in [0.25, 0.3) is 0 Å². The molecule has 0 saturated carbocycles. The summed E-state index contributed by atoms with van der Waals surface area (Å²) in [6, 6.07) is -4.83.